The third-order valence-electron chi connectivity index (χ3n) is 3.46. The van der Waals surface area contributed by atoms with Gasteiger partial charge in [-0.2, -0.15) is 0 Å². The summed E-state index contributed by atoms with van der Waals surface area (Å²) in [5.74, 6) is -2.26. The highest BCUT2D eigenvalue weighted by Crippen LogP contribution is 2.38. The van der Waals surface area contributed by atoms with Gasteiger partial charge in [0.2, 0.25) is 0 Å². The third kappa shape index (κ3) is 1.95. The van der Waals surface area contributed by atoms with Crippen LogP contribution < -0.4 is 0 Å². The highest BCUT2D eigenvalue weighted by molar-refractivity contribution is 5.89. The van der Waals surface area contributed by atoms with Crippen molar-refractivity contribution in [3.63, 3.8) is 0 Å². The topological polar surface area (TPSA) is 63.6 Å². The summed E-state index contributed by atoms with van der Waals surface area (Å²) in [5.41, 5.74) is 0.761. The van der Waals surface area contributed by atoms with Gasteiger partial charge in [0.1, 0.15) is 12.0 Å². The molecule has 0 aromatic heterocycles. The van der Waals surface area contributed by atoms with Crippen molar-refractivity contribution in [2.75, 3.05) is 0 Å². The van der Waals surface area contributed by atoms with E-state index in [4.69, 9.17) is 4.74 Å². The molecule has 1 saturated heterocycles. The zero-order valence-electron chi connectivity index (χ0n) is 10.1. The monoisotopic (exact) mass is 256 g/mol. The van der Waals surface area contributed by atoms with E-state index in [0.717, 1.165) is 16.3 Å². The van der Waals surface area contributed by atoms with Crippen molar-refractivity contribution in [2.24, 2.45) is 5.92 Å². The minimum atomic E-state index is -0.996. The molecule has 1 heterocycles. The van der Waals surface area contributed by atoms with Crippen LogP contribution in [0.5, 0.6) is 0 Å². The smallest absolute Gasteiger partial charge is 0.311 e. The number of hydrogen-bond donors (Lipinski definition) is 1. The van der Waals surface area contributed by atoms with E-state index >= 15 is 0 Å². The molecule has 2 aromatic rings. The van der Waals surface area contributed by atoms with E-state index < -0.39 is 24.0 Å². The van der Waals surface area contributed by atoms with Gasteiger partial charge in [-0.05, 0) is 10.8 Å². The first-order chi connectivity index (χ1) is 9.16. The Morgan fingerprint density at radius 1 is 1.16 bits per heavy atom. The van der Waals surface area contributed by atoms with Crippen LogP contribution in [0.3, 0.4) is 0 Å². The molecule has 0 spiro atoms. The zero-order valence-corrected chi connectivity index (χ0v) is 10.1. The van der Waals surface area contributed by atoms with E-state index in [1.165, 1.54) is 0 Å². The molecule has 19 heavy (non-hydrogen) atoms. The predicted octanol–water partition coefficient (Wildman–Crippen LogP) is 2.53. The first kappa shape index (κ1) is 11.7. The molecule has 0 radical (unpaired) electrons. The van der Waals surface area contributed by atoms with Crippen LogP contribution in [0.25, 0.3) is 10.8 Å². The average molecular weight is 256 g/mol. The SMILES string of the molecule is O=C1C[C@@H](C(=O)O)[C@@H](c2cccc3ccccc23)O1. The summed E-state index contributed by atoms with van der Waals surface area (Å²) in [4.78, 5) is 22.6. The summed E-state index contributed by atoms with van der Waals surface area (Å²) < 4.78 is 5.21. The maximum absolute atomic E-state index is 11.4. The Morgan fingerprint density at radius 2 is 1.89 bits per heavy atom. The molecule has 0 unspecified atom stereocenters. The summed E-state index contributed by atoms with van der Waals surface area (Å²) >= 11 is 0. The van der Waals surface area contributed by atoms with Crippen LogP contribution in [-0.2, 0) is 14.3 Å². The number of rotatable bonds is 2. The minimum absolute atomic E-state index is 0.0662. The number of carbonyl (C=O) groups excluding carboxylic acids is 1. The maximum Gasteiger partial charge on any atom is 0.311 e. The molecule has 3 rings (SSSR count). The van der Waals surface area contributed by atoms with Crippen LogP contribution in [-0.4, -0.2) is 17.0 Å². The molecule has 4 nitrogen and oxygen atoms in total. The number of aliphatic carboxylic acids is 1. The summed E-state index contributed by atoms with van der Waals surface area (Å²) in [6, 6.07) is 13.3. The second-order valence-electron chi connectivity index (χ2n) is 4.63. The number of hydrogen-bond acceptors (Lipinski definition) is 3. The lowest BCUT2D eigenvalue weighted by Crippen LogP contribution is -2.17. The molecular weight excluding hydrogens is 244 g/mol. The molecule has 0 aliphatic carbocycles. The van der Waals surface area contributed by atoms with Crippen molar-refractivity contribution >= 4 is 22.7 Å². The fourth-order valence-corrected chi connectivity index (χ4v) is 2.55. The van der Waals surface area contributed by atoms with Gasteiger partial charge in [-0.15, -0.1) is 0 Å². The number of carboxylic acids is 1. The average Bonchev–Trinajstić information content (AvgIpc) is 2.80. The molecule has 4 heteroatoms. The van der Waals surface area contributed by atoms with Gasteiger partial charge in [0, 0.05) is 5.56 Å². The van der Waals surface area contributed by atoms with E-state index in [2.05, 4.69) is 0 Å². The minimum Gasteiger partial charge on any atom is -0.481 e. The molecule has 1 N–H and O–H groups in total. The predicted molar refractivity (Wildman–Crippen MR) is 68.5 cm³/mol. The van der Waals surface area contributed by atoms with E-state index in [9.17, 15) is 14.7 Å². The van der Waals surface area contributed by atoms with Gasteiger partial charge in [0.15, 0.2) is 0 Å². The molecule has 96 valence electrons. The number of esters is 1. The summed E-state index contributed by atoms with van der Waals surface area (Å²) in [6.07, 6.45) is -0.764. The number of fused-ring (bicyclic) bond motifs is 1. The van der Waals surface area contributed by atoms with Crippen molar-refractivity contribution in [3.05, 3.63) is 48.0 Å². The number of cyclic esters (lactones) is 1. The Hall–Kier alpha value is -2.36. The summed E-state index contributed by atoms with van der Waals surface area (Å²) in [6.45, 7) is 0. The molecule has 0 amide bonds. The maximum atomic E-state index is 11.4. The normalized spacial score (nSPS) is 22.4. The molecule has 0 saturated carbocycles. The highest BCUT2D eigenvalue weighted by atomic mass is 16.6. The Kier molecular flexibility index (Phi) is 2.71. The fourth-order valence-electron chi connectivity index (χ4n) is 2.55. The Morgan fingerprint density at radius 3 is 2.68 bits per heavy atom. The molecule has 1 aliphatic rings. The lowest BCUT2D eigenvalue weighted by atomic mass is 9.92. The molecule has 1 aliphatic heterocycles. The van der Waals surface area contributed by atoms with E-state index in [1.807, 2.05) is 42.5 Å². The van der Waals surface area contributed by atoms with Crippen molar-refractivity contribution in [1.82, 2.24) is 0 Å². The van der Waals surface area contributed by atoms with Crippen molar-refractivity contribution in [2.45, 2.75) is 12.5 Å². The van der Waals surface area contributed by atoms with Crippen LogP contribution in [0.15, 0.2) is 42.5 Å². The number of ether oxygens (including phenoxy) is 1. The van der Waals surface area contributed by atoms with Crippen LogP contribution in [0.1, 0.15) is 18.1 Å². The largest absolute Gasteiger partial charge is 0.481 e. The molecular formula is C15H12O4. The summed E-state index contributed by atoms with van der Waals surface area (Å²) in [5, 5.41) is 11.1. The zero-order chi connectivity index (χ0) is 13.4. The lowest BCUT2D eigenvalue weighted by Gasteiger charge is -2.16. The number of benzene rings is 2. The number of carbonyl (C=O) groups is 2. The van der Waals surface area contributed by atoms with Gasteiger partial charge in [-0.3, -0.25) is 9.59 Å². The number of carboxylic acid groups (broad SMARTS) is 1. The Balaban J connectivity index is 2.13. The second-order valence-corrected chi connectivity index (χ2v) is 4.63. The van der Waals surface area contributed by atoms with Crippen molar-refractivity contribution < 1.29 is 19.4 Å². The van der Waals surface area contributed by atoms with Gasteiger partial charge in [0.25, 0.3) is 0 Å². The molecule has 1 fully saturated rings. The van der Waals surface area contributed by atoms with Crippen LogP contribution in [0.4, 0.5) is 0 Å². The van der Waals surface area contributed by atoms with Gasteiger partial charge in [-0.25, -0.2) is 0 Å². The third-order valence-corrected chi connectivity index (χ3v) is 3.46. The van der Waals surface area contributed by atoms with E-state index in [1.54, 1.807) is 0 Å². The van der Waals surface area contributed by atoms with Crippen LogP contribution >= 0.6 is 0 Å². The van der Waals surface area contributed by atoms with Crippen LogP contribution in [0.2, 0.25) is 0 Å². The lowest BCUT2D eigenvalue weighted by molar-refractivity contribution is -0.144. The highest BCUT2D eigenvalue weighted by Gasteiger charge is 2.41. The summed E-state index contributed by atoms with van der Waals surface area (Å²) in [7, 11) is 0. The quantitative estimate of drug-likeness (QED) is 0.838. The van der Waals surface area contributed by atoms with Gasteiger partial charge in [-0.1, -0.05) is 42.5 Å². The molecule has 2 atom stereocenters. The molecule has 2 aromatic carbocycles. The second kappa shape index (κ2) is 4.39. The Bertz CT molecular complexity index is 657. The first-order valence-corrected chi connectivity index (χ1v) is 6.07. The van der Waals surface area contributed by atoms with Gasteiger partial charge in [0.05, 0.1) is 6.42 Å². The van der Waals surface area contributed by atoms with E-state index in [0.29, 0.717) is 0 Å². The van der Waals surface area contributed by atoms with Crippen molar-refractivity contribution in [3.8, 4) is 0 Å². The van der Waals surface area contributed by atoms with Gasteiger partial charge < -0.3 is 9.84 Å². The van der Waals surface area contributed by atoms with Crippen molar-refractivity contribution in [1.29, 1.82) is 0 Å². The first-order valence-electron chi connectivity index (χ1n) is 6.07. The van der Waals surface area contributed by atoms with Gasteiger partial charge >= 0.3 is 11.9 Å². The van der Waals surface area contributed by atoms with E-state index in [-0.39, 0.29) is 6.42 Å². The standard InChI is InChI=1S/C15H12O4/c16-13-8-12(15(17)18)14(19-13)11-7-3-5-9-4-1-2-6-10(9)11/h1-7,12,14H,8H2,(H,17,18)/t12-,14-/m1/s1. The van der Waals surface area contributed by atoms with Crippen LogP contribution in [0, 0.1) is 5.92 Å². The fraction of sp³-hybridized carbons (Fsp3) is 0.200. The Labute approximate surface area is 109 Å². The molecule has 0 bridgehead atoms.